The molecule has 0 atom stereocenters. The summed E-state index contributed by atoms with van der Waals surface area (Å²) in [5.41, 5.74) is 8.97. The standard InChI is InChI=1S/C15H16BrFN2/c1-10-7-15(14(18)8-13(10)17)19(2)9-11-3-5-12(16)6-4-11/h3-8H,9,18H2,1-2H3. The maximum atomic E-state index is 13.4. The number of benzene rings is 2. The minimum absolute atomic E-state index is 0.265. The molecule has 0 saturated heterocycles. The fourth-order valence-electron chi connectivity index (χ4n) is 1.96. The average molecular weight is 323 g/mol. The zero-order valence-corrected chi connectivity index (χ0v) is 12.5. The predicted molar refractivity (Wildman–Crippen MR) is 81.8 cm³/mol. The Labute approximate surface area is 121 Å². The monoisotopic (exact) mass is 322 g/mol. The highest BCUT2D eigenvalue weighted by Gasteiger charge is 2.09. The van der Waals surface area contributed by atoms with Gasteiger partial charge in [-0.05, 0) is 42.3 Å². The number of nitrogen functional groups attached to an aromatic ring is 1. The minimum Gasteiger partial charge on any atom is -0.397 e. The Kier molecular flexibility index (Phi) is 4.10. The highest BCUT2D eigenvalue weighted by atomic mass is 79.9. The molecule has 4 heteroatoms. The third-order valence-corrected chi connectivity index (χ3v) is 3.58. The Balaban J connectivity index is 2.22. The van der Waals surface area contributed by atoms with Crippen LogP contribution in [-0.4, -0.2) is 7.05 Å². The topological polar surface area (TPSA) is 29.3 Å². The van der Waals surface area contributed by atoms with E-state index in [4.69, 9.17) is 5.73 Å². The Morgan fingerprint density at radius 2 is 1.84 bits per heavy atom. The summed E-state index contributed by atoms with van der Waals surface area (Å²) in [7, 11) is 1.95. The molecule has 100 valence electrons. The number of aryl methyl sites for hydroxylation is 1. The lowest BCUT2D eigenvalue weighted by atomic mass is 10.1. The zero-order chi connectivity index (χ0) is 14.0. The molecule has 2 rings (SSSR count). The van der Waals surface area contributed by atoms with Crippen molar-refractivity contribution in [1.29, 1.82) is 0 Å². The summed E-state index contributed by atoms with van der Waals surface area (Å²) in [5.74, 6) is -0.265. The van der Waals surface area contributed by atoms with Gasteiger partial charge in [0.2, 0.25) is 0 Å². The van der Waals surface area contributed by atoms with Crippen LogP contribution in [0, 0.1) is 12.7 Å². The van der Waals surface area contributed by atoms with Crippen molar-refractivity contribution in [3.8, 4) is 0 Å². The van der Waals surface area contributed by atoms with Crippen molar-refractivity contribution >= 4 is 27.3 Å². The number of nitrogens with two attached hydrogens (primary N) is 1. The van der Waals surface area contributed by atoms with Crippen LogP contribution in [0.3, 0.4) is 0 Å². The highest BCUT2D eigenvalue weighted by molar-refractivity contribution is 9.10. The molecule has 2 nitrogen and oxygen atoms in total. The number of halogens is 2. The average Bonchev–Trinajstić information content (AvgIpc) is 2.36. The second-order valence-corrected chi connectivity index (χ2v) is 5.56. The van der Waals surface area contributed by atoms with Crippen molar-refractivity contribution in [3.63, 3.8) is 0 Å². The van der Waals surface area contributed by atoms with Gasteiger partial charge in [-0.2, -0.15) is 0 Å². The van der Waals surface area contributed by atoms with Crippen molar-refractivity contribution in [1.82, 2.24) is 0 Å². The molecule has 2 aromatic carbocycles. The summed E-state index contributed by atoms with van der Waals surface area (Å²) >= 11 is 3.41. The lowest BCUT2D eigenvalue weighted by Gasteiger charge is -2.22. The molecule has 0 unspecified atom stereocenters. The van der Waals surface area contributed by atoms with E-state index in [1.54, 1.807) is 13.0 Å². The van der Waals surface area contributed by atoms with Gasteiger partial charge in [0.1, 0.15) is 5.82 Å². The highest BCUT2D eigenvalue weighted by Crippen LogP contribution is 2.27. The predicted octanol–water partition coefficient (Wildman–Crippen LogP) is 4.12. The van der Waals surface area contributed by atoms with Gasteiger partial charge in [-0.1, -0.05) is 28.1 Å². The third kappa shape index (κ3) is 3.26. The van der Waals surface area contributed by atoms with Gasteiger partial charge in [0, 0.05) is 18.1 Å². The van der Waals surface area contributed by atoms with E-state index in [-0.39, 0.29) is 5.82 Å². The molecular weight excluding hydrogens is 307 g/mol. The van der Waals surface area contributed by atoms with Gasteiger partial charge in [-0.3, -0.25) is 0 Å². The lowest BCUT2D eigenvalue weighted by molar-refractivity contribution is 0.619. The normalized spacial score (nSPS) is 10.5. The Morgan fingerprint density at radius 3 is 2.47 bits per heavy atom. The molecule has 0 radical (unpaired) electrons. The smallest absolute Gasteiger partial charge is 0.128 e. The second-order valence-electron chi connectivity index (χ2n) is 4.64. The molecule has 0 heterocycles. The molecule has 0 amide bonds. The van der Waals surface area contributed by atoms with Crippen molar-refractivity contribution in [2.24, 2.45) is 0 Å². The number of nitrogens with zero attached hydrogens (tertiary/aromatic N) is 1. The molecule has 19 heavy (non-hydrogen) atoms. The summed E-state index contributed by atoms with van der Waals surface area (Å²) in [6.07, 6.45) is 0. The van der Waals surface area contributed by atoms with Crippen LogP contribution < -0.4 is 10.6 Å². The van der Waals surface area contributed by atoms with E-state index in [1.807, 2.05) is 36.2 Å². The van der Waals surface area contributed by atoms with Gasteiger partial charge in [-0.25, -0.2) is 4.39 Å². The second kappa shape index (κ2) is 5.61. The lowest BCUT2D eigenvalue weighted by Crippen LogP contribution is -2.18. The van der Waals surface area contributed by atoms with Gasteiger partial charge >= 0.3 is 0 Å². The molecule has 0 aromatic heterocycles. The van der Waals surface area contributed by atoms with Crippen molar-refractivity contribution in [2.45, 2.75) is 13.5 Å². The van der Waals surface area contributed by atoms with Crippen LogP contribution in [0.25, 0.3) is 0 Å². The molecule has 0 spiro atoms. The summed E-state index contributed by atoms with van der Waals surface area (Å²) < 4.78 is 14.4. The SMILES string of the molecule is Cc1cc(N(C)Cc2ccc(Br)cc2)c(N)cc1F. The molecular formula is C15H16BrFN2. The van der Waals surface area contributed by atoms with Gasteiger partial charge in [-0.15, -0.1) is 0 Å². The van der Waals surface area contributed by atoms with Gasteiger partial charge < -0.3 is 10.6 Å². The first kappa shape index (κ1) is 13.9. The van der Waals surface area contributed by atoms with Crippen LogP contribution in [0.4, 0.5) is 15.8 Å². The Hall–Kier alpha value is -1.55. The van der Waals surface area contributed by atoms with Crippen molar-refractivity contribution in [3.05, 3.63) is 57.8 Å². The zero-order valence-electron chi connectivity index (χ0n) is 11.0. The maximum absolute atomic E-state index is 13.4. The Bertz CT molecular complexity index is 581. The molecule has 2 N–H and O–H groups in total. The van der Waals surface area contributed by atoms with Crippen LogP contribution in [-0.2, 0) is 6.54 Å². The summed E-state index contributed by atoms with van der Waals surface area (Å²) in [5, 5.41) is 0. The Morgan fingerprint density at radius 1 is 1.21 bits per heavy atom. The van der Waals surface area contributed by atoms with Crippen LogP contribution in [0.1, 0.15) is 11.1 Å². The van der Waals surface area contributed by atoms with E-state index in [0.29, 0.717) is 11.3 Å². The molecule has 2 aromatic rings. The van der Waals surface area contributed by atoms with Crippen LogP contribution in [0.2, 0.25) is 0 Å². The molecule has 0 fully saturated rings. The fraction of sp³-hybridized carbons (Fsp3) is 0.200. The van der Waals surface area contributed by atoms with E-state index in [9.17, 15) is 4.39 Å². The number of rotatable bonds is 3. The number of hydrogen-bond acceptors (Lipinski definition) is 2. The van der Waals surface area contributed by atoms with Gasteiger partial charge in [0.15, 0.2) is 0 Å². The largest absolute Gasteiger partial charge is 0.397 e. The van der Waals surface area contributed by atoms with Crippen molar-refractivity contribution in [2.75, 3.05) is 17.7 Å². The summed E-state index contributed by atoms with van der Waals surface area (Å²) in [6.45, 7) is 2.47. The number of hydrogen-bond donors (Lipinski definition) is 1. The van der Waals surface area contributed by atoms with Crippen LogP contribution >= 0.6 is 15.9 Å². The third-order valence-electron chi connectivity index (χ3n) is 3.05. The summed E-state index contributed by atoms with van der Waals surface area (Å²) in [4.78, 5) is 2.02. The van der Waals surface area contributed by atoms with Gasteiger partial charge in [0.05, 0.1) is 11.4 Å². The fourth-order valence-corrected chi connectivity index (χ4v) is 2.23. The molecule has 0 bridgehead atoms. The van der Waals surface area contributed by atoms with Crippen LogP contribution in [0.15, 0.2) is 40.9 Å². The van der Waals surface area contributed by atoms with Gasteiger partial charge in [0.25, 0.3) is 0 Å². The van der Waals surface area contributed by atoms with Crippen LogP contribution in [0.5, 0.6) is 0 Å². The van der Waals surface area contributed by atoms with E-state index >= 15 is 0 Å². The van der Waals surface area contributed by atoms with E-state index in [2.05, 4.69) is 15.9 Å². The maximum Gasteiger partial charge on any atom is 0.128 e. The van der Waals surface area contributed by atoms with E-state index in [1.165, 1.54) is 11.6 Å². The quantitative estimate of drug-likeness (QED) is 0.861. The first-order valence-corrected chi connectivity index (χ1v) is 6.78. The first-order chi connectivity index (χ1) is 8.97. The molecule has 0 aliphatic rings. The molecule has 0 aliphatic heterocycles. The number of anilines is 2. The minimum atomic E-state index is -0.265. The first-order valence-electron chi connectivity index (χ1n) is 5.98. The van der Waals surface area contributed by atoms with E-state index in [0.717, 1.165) is 16.7 Å². The van der Waals surface area contributed by atoms with Crippen molar-refractivity contribution < 1.29 is 4.39 Å². The molecule has 0 saturated carbocycles. The molecule has 0 aliphatic carbocycles. The van der Waals surface area contributed by atoms with E-state index < -0.39 is 0 Å². The summed E-state index contributed by atoms with van der Waals surface area (Å²) in [6, 6.07) is 11.3.